The standard InChI is InChI=1S/C15H25N5O2/c1-19(12-14(21)22)11-8-17-15-16-7-6-13(18-15)20-9-4-2-3-5-10-20/h6-7H,2-5,8-12H2,1H3,(H,21,22)(H,16,17,18). The van der Waals surface area contributed by atoms with Gasteiger partial charge in [0.2, 0.25) is 5.95 Å². The molecular weight excluding hydrogens is 282 g/mol. The Morgan fingerprint density at radius 2 is 2.09 bits per heavy atom. The van der Waals surface area contributed by atoms with E-state index in [2.05, 4.69) is 20.2 Å². The van der Waals surface area contributed by atoms with E-state index in [9.17, 15) is 4.79 Å². The fraction of sp³-hybridized carbons (Fsp3) is 0.667. The molecule has 2 N–H and O–H groups in total. The van der Waals surface area contributed by atoms with Crippen LogP contribution < -0.4 is 10.2 Å². The summed E-state index contributed by atoms with van der Waals surface area (Å²) in [5.41, 5.74) is 0. The summed E-state index contributed by atoms with van der Waals surface area (Å²) < 4.78 is 0. The average Bonchev–Trinajstić information content (AvgIpc) is 2.76. The molecule has 122 valence electrons. The third kappa shape index (κ3) is 5.48. The van der Waals surface area contributed by atoms with Crippen molar-refractivity contribution in [2.75, 3.05) is 50.0 Å². The molecule has 22 heavy (non-hydrogen) atoms. The molecule has 7 nitrogen and oxygen atoms in total. The molecule has 0 amide bonds. The van der Waals surface area contributed by atoms with Crippen LogP contribution in [0.1, 0.15) is 25.7 Å². The van der Waals surface area contributed by atoms with E-state index in [4.69, 9.17) is 5.11 Å². The molecule has 0 aromatic carbocycles. The zero-order valence-electron chi connectivity index (χ0n) is 13.2. The van der Waals surface area contributed by atoms with Crippen LogP contribution in [0, 0.1) is 0 Å². The van der Waals surface area contributed by atoms with Crippen LogP contribution in [0.15, 0.2) is 12.3 Å². The number of aromatic nitrogens is 2. The van der Waals surface area contributed by atoms with E-state index in [1.54, 1.807) is 18.1 Å². The lowest BCUT2D eigenvalue weighted by molar-refractivity contribution is -0.137. The van der Waals surface area contributed by atoms with Gasteiger partial charge in [-0.05, 0) is 26.0 Å². The van der Waals surface area contributed by atoms with Crippen molar-refractivity contribution >= 4 is 17.7 Å². The maximum Gasteiger partial charge on any atom is 0.317 e. The minimum atomic E-state index is -0.818. The highest BCUT2D eigenvalue weighted by Gasteiger charge is 2.11. The van der Waals surface area contributed by atoms with Gasteiger partial charge in [0.15, 0.2) is 0 Å². The molecule has 0 aliphatic carbocycles. The first kappa shape index (κ1) is 16.5. The monoisotopic (exact) mass is 307 g/mol. The summed E-state index contributed by atoms with van der Waals surface area (Å²) >= 11 is 0. The molecule has 7 heteroatoms. The van der Waals surface area contributed by atoms with E-state index in [-0.39, 0.29) is 6.54 Å². The Bertz CT molecular complexity index is 475. The zero-order chi connectivity index (χ0) is 15.8. The zero-order valence-corrected chi connectivity index (χ0v) is 13.2. The largest absolute Gasteiger partial charge is 0.480 e. The first-order chi connectivity index (χ1) is 10.6. The molecule has 1 aromatic rings. The second-order valence-corrected chi connectivity index (χ2v) is 5.70. The highest BCUT2D eigenvalue weighted by molar-refractivity contribution is 5.69. The van der Waals surface area contributed by atoms with Gasteiger partial charge < -0.3 is 15.3 Å². The Morgan fingerprint density at radius 3 is 2.77 bits per heavy atom. The van der Waals surface area contributed by atoms with Crippen LogP contribution in [0.4, 0.5) is 11.8 Å². The summed E-state index contributed by atoms with van der Waals surface area (Å²) in [6.45, 7) is 3.39. The molecule has 1 aromatic heterocycles. The van der Waals surface area contributed by atoms with Crippen molar-refractivity contribution < 1.29 is 9.90 Å². The minimum absolute atomic E-state index is 0.0381. The predicted molar refractivity (Wildman–Crippen MR) is 86.3 cm³/mol. The number of hydrogen-bond donors (Lipinski definition) is 2. The normalized spacial score (nSPS) is 15.6. The first-order valence-corrected chi connectivity index (χ1v) is 7.87. The molecule has 1 aliphatic heterocycles. The summed E-state index contributed by atoms with van der Waals surface area (Å²) in [4.78, 5) is 23.5. The van der Waals surface area contributed by atoms with E-state index in [0.717, 1.165) is 18.9 Å². The molecule has 1 fully saturated rings. The Labute approximate surface area is 131 Å². The van der Waals surface area contributed by atoms with E-state index >= 15 is 0 Å². The van der Waals surface area contributed by atoms with Crippen LogP contribution in [-0.2, 0) is 4.79 Å². The Hall–Kier alpha value is -1.89. The van der Waals surface area contributed by atoms with Crippen LogP contribution in [-0.4, -0.2) is 65.7 Å². The Balaban J connectivity index is 1.84. The smallest absolute Gasteiger partial charge is 0.317 e. The summed E-state index contributed by atoms with van der Waals surface area (Å²) in [6, 6.07) is 1.95. The number of likely N-dealkylation sites (N-methyl/N-ethyl adjacent to an activating group) is 1. The van der Waals surface area contributed by atoms with Crippen LogP contribution in [0.3, 0.4) is 0 Å². The Kier molecular flexibility index (Phi) is 6.39. The minimum Gasteiger partial charge on any atom is -0.480 e. The summed E-state index contributed by atoms with van der Waals surface area (Å²) in [5, 5.41) is 11.9. The van der Waals surface area contributed by atoms with Gasteiger partial charge in [0.1, 0.15) is 5.82 Å². The number of aliphatic carboxylic acids is 1. The number of hydrogen-bond acceptors (Lipinski definition) is 6. The molecule has 0 saturated carbocycles. The third-order valence-electron chi connectivity index (χ3n) is 3.75. The second kappa shape index (κ2) is 8.53. The molecule has 0 radical (unpaired) electrons. The summed E-state index contributed by atoms with van der Waals surface area (Å²) in [7, 11) is 1.78. The van der Waals surface area contributed by atoms with Crippen LogP contribution in [0.25, 0.3) is 0 Å². The van der Waals surface area contributed by atoms with Crippen molar-refractivity contribution in [3.63, 3.8) is 0 Å². The van der Waals surface area contributed by atoms with Gasteiger partial charge in [0, 0.05) is 32.4 Å². The predicted octanol–water partition coefficient (Wildman–Crippen LogP) is 1.29. The summed E-state index contributed by atoms with van der Waals surface area (Å²) in [5.74, 6) is 0.755. The number of nitrogens with one attached hydrogen (secondary N) is 1. The first-order valence-electron chi connectivity index (χ1n) is 7.87. The van der Waals surface area contributed by atoms with Gasteiger partial charge in [-0.15, -0.1) is 0 Å². The van der Waals surface area contributed by atoms with Crippen molar-refractivity contribution in [3.8, 4) is 0 Å². The van der Waals surface area contributed by atoms with Crippen molar-refractivity contribution in [1.82, 2.24) is 14.9 Å². The number of nitrogens with zero attached hydrogens (tertiary/aromatic N) is 4. The van der Waals surface area contributed by atoms with Crippen molar-refractivity contribution in [2.24, 2.45) is 0 Å². The van der Waals surface area contributed by atoms with Crippen LogP contribution in [0.5, 0.6) is 0 Å². The molecular formula is C15H25N5O2. The van der Waals surface area contributed by atoms with Crippen molar-refractivity contribution in [3.05, 3.63) is 12.3 Å². The van der Waals surface area contributed by atoms with Gasteiger partial charge in [-0.3, -0.25) is 9.69 Å². The molecule has 0 unspecified atom stereocenters. The van der Waals surface area contributed by atoms with Crippen LogP contribution in [0.2, 0.25) is 0 Å². The van der Waals surface area contributed by atoms with Gasteiger partial charge in [0.05, 0.1) is 6.54 Å². The van der Waals surface area contributed by atoms with Gasteiger partial charge in [-0.25, -0.2) is 4.98 Å². The van der Waals surface area contributed by atoms with Gasteiger partial charge >= 0.3 is 5.97 Å². The van der Waals surface area contributed by atoms with E-state index in [0.29, 0.717) is 19.0 Å². The lowest BCUT2D eigenvalue weighted by Crippen LogP contribution is -2.30. The third-order valence-corrected chi connectivity index (χ3v) is 3.75. The molecule has 2 heterocycles. The van der Waals surface area contributed by atoms with Gasteiger partial charge in [-0.2, -0.15) is 4.98 Å². The topological polar surface area (TPSA) is 81.6 Å². The molecule has 0 atom stereocenters. The van der Waals surface area contributed by atoms with Crippen LogP contribution >= 0.6 is 0 Å². The number of carbonyl (C=O) groups is 1. The van der Waals surface area contributed by atoms with Gasteiger partial charge in [-0.1, -0.05) is 12.8 Å². The molecule has 1 aliphatic rings. The fourth-order valence-electron chi connectivity index (χ4n) is 2.58. The van der Waals surface area contributed by atoms with Crippen molar-refractivity contribution in [2.45, 2.75) is 25.7 Å². The van der Waals surface area contributed by atoms with Gasteiger partial charge in [0.25, 0.3) is 0 Å². The molecule has 1 saturated heterocycles. The molecule has 0 spiro atoms. The highest BCUT2D eigenvalue weighted by atomic mass is 16.4. The fourth-order valence-corrected chi connectivity index (χ4v) is 2.58. The quantitative estimate of drug-likeness (QED) is 0.785. The highest BCUT2D eigenvalue weighted by Crippen LogP contribution is 2.17. The second-order valence-electron chi connectivity index (χ2n) is 5.70. The molecule has 0 bridgehead atoms. The lowest BCUT2D eigenvalue weighted by Gasteiger charge is -2.21. The number of carboxylic acids is 1. The lowest BCUT2D eigenvalue weighted by atomic mass is 10.2. The number of rotatable bonds is 7. The number of carboxylic acid groups (broad SMARTS) is 1. The molecule has 2 rings (SSSR count). The SMILES string of the molecule is CN(CCNc1nccc(N2CCCCCC2)n1)CC(=O)O. The van der Waals surface area contributed by atoms with E-state index in [1.807, 2.05) is 6.07 Å². The Morgan fingerprint density at radius 1 is 1.36 bits per heavy atom. The van der Waals surface area contributed by atoms with Crippen molar-refractivity contribution in [1.29, 1.82) is 0 Å². The van der Waals surface area contributed by atoms with E-state index < -0.39 is 5.97 Å². The number of anilines is 2. The van der Waals surface area contributed by atoms with E-state index in [1.165, 1.54) is 25.7 Å². The average molecular weight is 307 g/mol. The maximum atomic E-state index is 10.6. The summed E-state index contributed by atoms with van der Waals surface area (Å²) in [6.07, 6.45) is 6.79. The maximum absolute atomic E-state index is 10.6.